The van der Waals surface area contributed by atoms with Crippen LogP contribution in [-0.2, 0) is 65.4 Å². The third kappa shape index (κ3) is 66.3. The number of hydrogen-bond acceptors (Lipinski definition) is 15. The van der Waals surface area contributed by atoms with Gasteiger partial charge in [-0.1, -0.05) is 265 Å². The summed E-state index contributed by atoms with van der Waals surface area (Å²) in [5, 5.41) is 10.6. The van der Waals surface area contributed by atoms with Crippen LogP contribution in [-0.4, -0.2) is 96.7 Å². The van der Waals surface area contributed by atoms with Crippen LogP contribution in [0.3, 0.4) is 0 Å². The maximum atomic E-state index is 13.0. The molecule has 0 rings (SSSR count). The summed E-state index contributed by atoms with van der Waals surface area (Å²) in [5.41, 5.74) is 0. The van der Waals surface area contributed by atoms with Gasteiger partial charge in [-0.2, -0.15) is 0 Å². The van der Waals surface area contributed by atoms with Gasteiger partial charge in [0.15, 0.2) is 12.2 Å². The lowest BCUT2D eigenvalue weighted by Gasteiger charge is -2.21. The van der Waals surface area contributed by atoms with Crippen molar-refractivity contribution in [3.63, 3.8) is 0 Å². The van der Waals surface area contributed by atoms with Gasteiger partial charge in [0.1, 0.15) is 19.3 Å². The number of esters is 4. The summed E-state index contributed by atoms with van der Waals surface area (Å²) in [6, 6.07) is 0. The van der Waals surface area contributed by atoms with Gasteiger partial charge in [-0.25, -0.2) is 9.13 Å². The fourth-order valence-corrected chi connectivity index (χ4v) is 10.9. The number of aliphatic hydroxyl groups is 1. The lowest BCUT2D eigenvalue weighted by molar-refractivity contribution is -0.161. The molecule has 0 aliphatic carbocycles. The van der Waals surface area contributed by atoms with Gasteiger partial charge in [0.2, 0.25) is 0 Å². The van der Waals surface area contributed by atoms with E-state index in [-0.39, 0.29) is 25.7 Å². The lowest BCUT2D eigenvalue weighted by Crippen LogP contribution is -2.30. The van der Waals surface area contributed by atoms with E-state index in [4.69, 9.17) is 37.0 Å². The molecule has 0 spiro atoms. The average Bonchev–Trinajstić information content (AvgIpc) is 1.32. The van der Waals surface area contributed by atoms with Gasteiger partial charge in [0.05, 0.1) is 26.4 Å². The van der Waals surface area contributed by atoms with Gasteiger partial charge >= 0.3 is 39.5 Å². The number of hydrogen-bond donors (Lipinski definition) is 3. The SMILES string of the molecule is CC/C=C\C/C=C\C/C=C\C/C=C\C/C=C\CCCC(=O)OCC(COP(=O)(O)OCC(O)COP(=O)(O)OCC(COC(=O)CCCC/C=C\C/C=C\C/C=C\C/C=C\CC)OC(=O)CCCCCCCCCCCCC)OC(=O)CCCCCCCCCCCCC. The van der Waals surface area contributed by atoms with Gasteiger partial charge in [-0.15, -0.1) is 0 Å². The van der Waals surface area contributed by atoms with Crippen LogP contribution < -0.4 is 0 Å². The van der Waals surface area contributed by atoms with E-state index >= 15 is 0 Å². The smallest absolute Gasteiger partial charge is 0.462 e. The molecular formula is C75H128O17P2. The molecular weight excluding hydrogens is 1230 g/mol. The third-order valence-electron chi connectivity index (χ3n) is 14.8. The predicted octanol–water partition coefficient (Wildman–Crippen LogP) is 20.2. The fraction of sp³-hybridized carbons (Fsp3) is 0.707. The zero-order valence-corrected chi connectivity index (χ0v) is 60.4. The van der Waals surface area contributed by atoms with Crippen LogP contribution in [0.15, 0.2) is 109 Å². The highest BCUT2D eigenvalue weighted by Gasteiger charge is 2.30. The topological polar surface area (TPSA) is 237 Å². The average molecular weight is 1360 g/mol. The maximum Gasteiger partial charge on any atom is 0.472 e. The molecule has 0 bridgehead atoms. The second-order valence-corrected chi connectivity index (χ2v) is 26.7. The van der Waals surface area contributed by atoms with E-state index in [1.165, 1.54) is 77.0 Å². The maximum absolute atomic E-state index is 13.0. The third-order valence-corrected chi connectivity index (χ3v) is 16.7. The van der Waals surface area contributed by atoms with E-state index < -0.39 is 97.5 Å². The highest BCUT2D eigenvalue weighted by molar-refractivity contribution is 7.47. The summed E-state index contributed by atoms with van der Waals surface area (Å²) in [7, 11) is -9.96. The minimum atomic E-state index is -4.98. The number of rotatable bonds is 67. The quantitative estimate of drug-likeness (QED) is 0.0169. The monoisotopic (exact) mass is 1360 g/mol. The van der Waals surface area contributed by atoms with Crippen LogP contribution in [0.5, 0.6) is 0 Å². The second-order valence-electron chi connectivity index (χ2n) is 23.8. The molecule has 0 aliphatic heterocycles. The zero-order chi connectivity index (χ0) is 69.0. The van der Waals surface area contributed by atoms with Crippen LogP contribution in [0.4, 0.5) is 0 Å². The molecule has 0 saturated carbocycles. The number of carbonyl (C=O) groups is 4. The van der Waals surface area contributed by atoms with E-state index in [2.05, 4.69) is 125 Å². The van der Waals surface area contributed by atoms with Crippen LogP contribution in [0.25, 0.3) is 0 Å². The van der Waals surface area contributed by atoms with Crippen LogP contribution >= 0.6 is 15.6 Å². The molecule has 94 heavy (non-hydrogen) atoms. The van der Waals surface area contributed by atoms with Gasteiger partial charge in [0, 0.05) is 25.7 Å². The van der Waals surface area contributed by atoms with Crippen molar-refractivity contribution < 1.29 is 80.2 Å². The van der Waals surface area contributed by atoms with Crippen molar-refractivity contribution in [2.75, 3.05) is 39.6 Å². The van der Waals surface area contributed by atoms with Gasteiger partial charge in [-0.05, 0) is 103 Å². The summed E-state index contributed by atoms with van der Waals surface area (Å²) in [4.78, 5) is 72.6. The minimum absolute atomic E-state index is 0.0832. The molecule has 19 heteroatoms. The standard InChI is InChI=1S/C75H128O17P2/c1-5-9-13-17-21-25-29-31-33-34-36-38-42-44-48-52-56-60-73(78)86-66-71(92-75(80)62-58-54-50-46-40-28-24-20-16-12-8-4)68-90-94(83,84)88-64-69(76)63-87-93(81,82)89-67-70(91-74(79)61-57-53-49-45-39-27-23-19-15-11-7-3)65-85-72(77)59-55-51-47-43-41-37-35-32-30-26-22-18-14-10-6-2/h9-10,13-14,21-22,25-26,31-33,35-36,38,41,43-44,48,69-71,76H,5-8,11-12,15-20,23-24,27-30,34,37,39-40,42,45-47,49-68H2,1-4H3,(H,81,82)(H,83,84)/b13-9-,14-10-,25-21-,26-22-,33-31-,35-32-,38-36-,43-41-,48-44-. The van der Waals surface area contributed by atoms with Crippen molar-refractivity contribution in [1.82, 2.24) is 0 Å². The van der Waals surface area contributed by atoms with E-state index in [9.17, 15) is 43.2 Å². The normalized spacial score (nSPS) is 14.7. The summed E-state index contributed by atoms with van der Waals surface area (Å²) in [5.74, 6) is -2.28. The van der Waals surface area contributed by atoms with Gasteiger partial charge < -0.3 is 33.8 Å². The molecule has 0 fully saturated rings. The Hall–Kier alpha value is -4.28. The van der Waals surface area contributed by atoms with Crippen LogP contribution in [0.2, 0.25) is 0 Å². The summed E-state index contributed by atoms with van der Waals surface area (Å²) in [6.45, 7) is 4.51. The van der Waals surface area contributed by atoms with E-state index in [1.807, 2.05) is 12.2 Å². The number of unbranched alkanes of at least 4 members (excludes halogenated alkanes) is 23. The molecule has 0 aliphatic rings. The highest BCUT2D eigenvalue weighted by Crippen LogP contribution is 2.45. The first-order valence-corrected chi connectivity index (χ1v) is 39.1. The fourth-order valence-electron chi connectivity index (χ4n) is 9.30. The van der Waals surface area contributed by atoms with E-state index in [1.54, 1.807) is 0 Å². The van der Waals surface area contributed by atoms with Crippen molar-refractivity contribution in [2.45, 2.75) is 303 Å². The van der Waals surface area contributed by atoms with E-state index in [0.717, 1.165) is 122 Å². The van der Waals surface area contributed by atoms with Crippen LogP contribution in [0.1, 0.15) is 285 Å². The number of carbonyl (C=O) groups excluding carboxylic acids is 4. The Kier molecular flexibility index (Phi) is 64.2. The Morgan fingerprint density at radius 2 is 0.564 bits per heavy atom. The zero-order valence-electron chi connectivity index (χ0n) is 58.6. The predicted molar refractivity (Wildman–Crippen MR) is 381 cm³/mol. The molecule has 17 nitrogen and oxygen atoms in total. The van der Waals surface area contributed by atoms with Crippen molar-refractivity contribution in [2.24, 2.45) is 0 Å². The molecule has 0 aromatic rings. The Balaban J connectivity index is 5.37. The molecule has 0 aromatic heterocycles. The Bertz CT molecular complexity index is 2220. The largest absolute Gasteiger partial charge is 0.472 e. The molecule has 0 saturated heterocycles. The number of phosphoric acid groups is 2. The second kappa shape index (κ2) is 67.3. The lowest BCUT2D eigenvalue weighted by atomic mass is 10.1. The van der Waals surface area contributed by atoms with Crippen molar-refractivity contribution in [3.8, 4) is 0 Å². The molecule has 0 heterocycles. The molecule has 0 aromatic carbocycles. The van der Waals surface area contributed by atoms with Crippen molar-refractivity contribution in [3.05, 3.63) is 109 Å². The highest BCUT2D eigenvalue weighted by atomic mass is 31.2. The molecule has 0 amide bonds. The number of allylic oxidation sites excluding steroid dienone is 18. The summed E-state index contributed by atoms with van der Waals surface area (Å²) >= 11 is 0. The first-order valence-electron chi connectivity index (χ1n) is 36.1. The number of ether oxygens (including phenoxy) is 4. The molecule has 5 atom stereocenters. The van der Waals surface area contributed by atoms with Crippen molar-refractivity contribution in [1.29, 1.82) is 0 Å². The minimum Gasteiger partial charge on any atom is -0.462 e. The molecule has 5 unspecified atom stereocenters. The van der Waals surface area contributed by atoms with E-state index in [0.29, 0.717) is 32.1 Å². The van der Waals surface area contributed by atoms with Gasteiger partial charge in [-0.3, -0.25) is 37.3 Å². The Morgan fingerprint density at radius 1 is 0.309 bits per heavy atom. The molecule has 540 valence electrons. The Labute approximate surface area is 569 Å². The first kappa shape index (κ1) is 89.7. The number of aliphatic hydroxyl groups excluding tert-OH is 1. The Morgan fingerprint density at radius 3 is 0.894 bits per heavy atom. The summed E-state index contributed by atoms with van der Waals surface area (Å²) in [6.07, 6.45) is 69.7. The van der Waals surface area contributed by atoms with Crippen LogP contribution in [0, 0.1) is 0 Å². The van der Waals surface area contributed by atoms with Crippen molar-refractivity contribution >= 4 is 39.5 Å². The molecule has 3 N–H and O–H groups in total. The number of phosphoric ester groups is 2. The molecule has 0 radical (unpaired) electrons. The van der Waals surface area contributed by atoms with Gasteiger partial charge in [0.25, 0.3) is 0 Å². The first-order chi connectivity index (χ1) is 45.7. The summed E-state index contributed by atoms with van der Waals surface area (Å²) < 4.78 is 68.2.